The number of hydrogen-bond donors (Lipinski definition) is 2. The van der Waals surface area contributed by atoms with Crippen LogP contribution >= 0.6 is 0 Å². The number of carbonyl (C=O) groups excluding carboxylic acids is 1. The number of anilines is 1. The monoisotopic (exact) mass is 249 g/mol. The van der Waals surface area contributed by atoms with Gasteiger partial charge in [0, 0.05) is 12.6 Å². The van der Waals surface area contributed by atoms with E-state index in [4.69, 9.17) is 5.73 Å². The summed E-state index contributed by atoms with van der Waals surface area (Å²) < 4.78 is 0. The van der Waals surface area contributed by atoms with Crippen molar-refractivity contribution in [2.75, 3.05) is 25.0 Å². The first kappa shape index (κ1) is 12.8. The van der Waals surface area contributed by atoms with Gasteiger partial charge in [0.25, 0.3) is 5.91 Å². The Bertz CT molecular complexity index is 405. The third-order valence-corrected chi connectivity index (χ3v) is 3.22. The van der Waals surface area contributed by atoms with Crippen molar-refractivity contribution in [2.45, 2.75) is 25.8 Å². The maximum Gasteiger partial charge on any atom is 0.269 e. The van der Waals surface area contributed by atoms with Gasteiger partial charge in [0.05, 0.1) is 0 Å². The van der Waals surface area contributed by atoms with Crippen LogP contribution in [-0.2, 0) is 0 Å². The van der Waals surface area contributed by atoms with Crippen LogP contribution in [0.5, 0.6) is 0 Å². The molecule has 2 heterocycles. The maximum atomic E-state index is 10.9. The Morgan fingerprint density at radius 1 is 1.56 bits per heavy atom. The number of primary amides is 1. The lowest BCUT2D eigenvalue weighted by Crippen LogP contribution is -2.42. The summed E-state index contributed by atoms with van der Waals surface area (Å²) >= 11 is 0. The first-order chi connectivity index (χ1) is 8.69. The van der Waals surface area contributed by atoms with Gasteiger partial charge in [-0.3, -0.25) is 4.79 Å². The van der Waals surface area contributed by atoms with E-state index in [-0.39, 0.29) is 5.69 Å². The van der Waals surface area contributed by atoms with E-state index in [9.17, 15) is 4.79 Å². The number of piperidine rings is 1. The van der Waals surface area contributed by atoms with Gasteiger partial charge in [-0.15, -0.1) is 10.2 Å². The number of nitrogens with zero attached hydrogens (tertiary/aromatic N) is 3. The zero-order valence-corrected chi connectivity index (χ0v) is 10.6. The lowest BCUT2D eigenvalue weighted by molar-refractivity contribution is 0.0994. The largest absolute Gasteiger partial charge is 0.365 e. The third-order valence-electron chi connectivity index (χ3n) is 3.22. The number of likely N-dealkylation sites (N-methyl/N-ethyl adjacent to an activating group) is 1. The van der Waals surface area contributed by atoms with Gasteiger partial charge in [-0.05, 0) is 38.1 Å². The van der Waals surface area contributed by atoms with Crippen LogP contribution < -0.4 is 11.1 Å². The smallest absolute Gasteiger partial charge is 0.269 e. The average Bonchev–Trinajstić information content (AvgIpc) is 2.39. The molecule has 0 bridgehead atoms. The van der Waals surface area contributed by atoms with Crippen molar-refractivity contribution in [1.82, 2.24) is 15.1 Å². The quantitative estimate of drug-likeness (QED) is 0.810. The SMILES string of the molecule is CCN1CCCC(Nc2ccc(C(N)=O)nn2)C1. The summed E-state index contributed by atoms with van der Waals surface area (Å²) in [4.78, 5) is 13.3. The van der Waals surface area contributed by atoms with Gasteiger partial charge >= 0.3 is 0 Å². The first-order valence-corrected chi connectivity index (χ1v) is 6.31. The number of nitrogens with two attached hydrogens (primary N) is 1. The van der Waals surface area contributed by atoms with E-state index >= 15 is 0 Å². The second-order valence-corrected chi connectivity index (χ2v) is 4.54. The lowest BCUT2D eigenvalue weighted by atomic mass is 10.1. The molecule has 1 fully saturated rings. The van der Waals surface area contributed by atoms with Crippen LogP contribution in [0.25, 0.3) is 0 Å². The molecule has 6 nitrogen and oxygen atoms in total. The van der Waals surface area contributed by atoms with Crippen molar-refractivity contribution in [1.29, 1.82) is 0 Å². The lowest BCUT2D eigenvalue weighted by Gasteiger charge is -2.32. The molecule has 98 valence electrons. The van der Waals surface area contributed by atoms with Crippen molar-refractivity contribution in [2.24, 2.45) is 5.73 Å². The molecule has 1 amide bonds. The van der Waals surface area contributed by atoms with E-state index < -0.39 is 5.91 Å². The number of amides is 1. The molecule has 0 radical (unpaired) electrons. The second-order valence-electron chi connectivity index (χ2n) is 4.54. The highest BCUT2D eigenvalue weighted by molar-refractivity contribution is 5.90. The molecule has 0 spiro atoms. The number of rotatable bonds is 4. The summed E-state index contributed by atoms with van der Waals surface area (Å²) in [5, 5.41) is 11.1. The summed E-state index contributed by atoms with van der Waals surface area (Å²) in [6.07, 6.45) is 2.33. The third kappa shape index (κ3) is 3.16. The molecule has 1 unspecified atom stereocenters. The molecular formula is C12H19N5O. The fraction of sp³-hybridized carbons (Fsp3) is 0.583. The molecule has 0 aromatic carbocycles. The summed E-state index contributed by atoms with van der Waals surface area (Å²) in [6, 6.07) is 3.74. The summed E-state index contributed by atoms with van der Waals surface area (Å²) in [5.41, 5.74) is 5.31. The van der Waals surface area contributed by atoms with Crippen molar-refractivity contribution >= 4 is 11.7 Å². The van der Waals surface area contributed by atoms with Crippen LogP contribution in [0, 0.1) is 0 Å². The molecule has 1 saturated heterocycles. The Kier molecular flexibility index (Phi) is 4.09. The highest BCUT2D eigenvalue weighted by atomic mass is 16.1. The highest BCUT2D eigenvalue weighted by Crippen LogP contribution is 2.14. The van der Waals surface area contributed by atoms with Gasteiger partial charge in [0.1, 0.15) is 5.82 Å². The Labute approximate surface area is 107 Å². The molecular weight excluding hydrogens is 230 g/mol. The normalized spacial score (nSPS) is 20.6. The first-order valence-electron chi connectivity index (χ1n) is 6.31. The van der Waals surface area contributed by atoms with Crippen LogP contribution in [0.3, 0.4) is 0 Å². The van der Waals surface area contributed by atoms with Crippen LogP contribution in [0.2, 0.25) is 0 Å². The predicted octanol–water partition coefficient (Wildman–Crippen LogP) is 0.472. The number of likely N-dealkylation sites (tertiary alicyclic amines) is 1. The Morgan fingerprint density at radius 3 is 3.00 bits per heavy atom. The zero-order chi connectivity index (χ0) is 13.0. The van der Waals surface area contributed by atoms with E-state index in [0.29, 0.717) is 11.9 Å². The molecule has 6 heteroatoms. The molecule has 1 aliphatic heterocycles. The molecule has 0 aliphatic carbocycles. The zero-order valence-electron chi connectivity index (χ0n) is 10.6. The number of carbonyl (C=O) groups is 1. The van der Waals surface area contributed by atoms with Gasteiger partial charge in [0.15, 0.2) is 5.69 Å². The maximum absolute atomic E-state index is 10.9. The number of nitrogens with one attached hydrogen (secondary N) is 1. The van der Waals surface area contributed by atoms with Crippen LogP contribution in [0.4, 0.5) is 5.82 Å². The van der Waals surface area contributed by atoms with Gasteiger partial charge in [-0.1, -0.05) is 6.92 Å². The van der Waals surface area contributed by atoms with Gasteiger partial charge in [0.2, 0.25) is 0 Å². The predicted molar refractivity (Wildman–Crippen MR) is 69.3 cm³/mol. The Hall–Kier alpha value is -1.69. The van der Waals surface area contributed by atoms with Crippen molar-refractivity contribution in [3.05, 3.63) is 17.8 Å². The second kappa shape index (κ2) is 5.77. The van der Waals surface area contributed by atoms with Crippen LogP contribution in [-0.4, -0.2) is 46.7 Å². The topological polar surface area (TPSA) is 84.1 Å². The van der Waals surface area contributed by atoms with E-state index in [2.05, 4.69) is 27.3 Å². The van der Waals surface area contributed by atoms with E-state index in [1.807, 2.05) is 0 Å². The Balaban J connectivity index is 1.94. The van der Waals surface area contributed by atoms with Gasteiger partial charge < -0.3 is 16.0 Å². The van der Waals surface area contributed by atoms with Crippen LogP contribution in [0.15, 0.2) is 12.1 Å². The number of aromatic nitrogens is 2. The summed E-state index contributed by atoms with van der Waals surface area (Å²) in [7, 11) is 0. The molecule has 3 N–H and O–H groups in total. The van der Waals surface area contributed by atoms with Crippen molar-refractivity contribution < 1.29 is 4.79 Å². The Morgan fingerprint density at radius 2 is 2.39 bits per heavy atom. The van der Waals surface area contributed by atoms with E-state index in [1.165, 1.54) is 13.0 Å². The molecule has 1 aliphatic rings. The molecule has 0 saturated carbocycles. The highest BCUT2D eigenvalue weighted by Gasteiger charge is 2.18. The minimum absolute atomic E-state index is 0.194. The minimum atomic E-state index is -0.552. The molecule has 1 aromatic rings. The van der Waals surface area contributed by atoms with Crippen LogP contribution in [0.1, 0.15) is 30.3 Å². The van der Waals surface area contributed by atoms with E-state index in [0.717, 1.165) is 19.5 Å². The fourth-order valence-electron chi connectivity index (χ4n) is 2.21. The minimum Gasteiger partial charge on any atom is -0.365 e. The fourth-order valence-corrected chi connectivity index (χ4v) is 2.21. The van der Waals surface area contributed by atoms with Crippen molar-refractivity contribution in [3.8, 4) is 0 Å². The van der Waals surface area contributed by atoms with Gasteiger partial charge in [-0.2, -0.15) is 0 Å². The molecule has 1 atom stereocenters. The van der Waals surface area contributed by atoms with Crippen molar-refractivity contribution in [3.63, 3.8) is 0 Å². The summed E-state index contributed by atoms with van der Waals surface area (Å²) in [6.45, 7) is 5.44. The summed E-state index contributed by atoms with van der Waals surface area (Å²) in [5.74, 6) is 0.145. The number of hydrogen-bond acceptors (Lipinski definition) is 5. The molecule has 2 rings (SSSR count). The molecule has 1 aromatic heterocycles. The standard InChI is InChI=1S/C12H19N5O/c1-2-17-7-3-4-9(8-17)14-11-6-5-10(12(13)18)15-16-11/h5-6,9H,2-4,7-8H2,1H3,(H2,13,18)(H,14,16). The molecule has 18 heavy (non-hydrogen) atoms. The van der Waals surface area contributed by atoms with E-state index in [1.54, 1.807) is 12.1 Å². The average molecular weight is 249 g/mol. The van der Waals surface area contributed by atoms with Gasteiger partial charge in [-0.25, -0.2) is 0 Å².